The Kier molecular flexibility index (Phi) is 11.8. The van der Waals surface area contributed by atoms with Gasteiger partial charge in [0.25, 0.3) is 0 Å². The summed E-state index contributed by atoms with van der Waals surface area (Å²) in [7, 11) is 0. The quantitative estimate of drug-likeness (QED) is 0.156. The van der Waals surface area contributed by atoms with Crippen molar-refractivity contribution in [3.8, 4) is 62.7 Å². The predicted molar refractivity (Wildman–Crippen MR) is 316 cm³/mol. The lowest BCUT2D eigenvalue weighted by atomic mass is 9.79. The Balaban J connectivity index is 1.25. The molecule has 3 heterocycles. The molecule has 0 atom stereocenters. The Labute approximate surface area is 447 Å². The Bertz CT molecular complexity index is 3950. The van der Waals surface area contributed by atoms with Gasteiger partial charge in [0, 0.05) is 38.4 Å². The molecule has 0 aliphatic carbocycles. The minimum Gasteiger partial charge on any atom is -0.309 e. The van der Waals surface area contributed by atoms with Crippen molar-refractivity contribution >= 4 is 49.3 Å². The summed E-state index contributed by atoms with van der Waals surface area (Å²) in [6, 6.07) is 60.2. The second kappa shape index (κ2) is 18.0. The van der Waals surface area contributed by atoms with Crippen molar-refractivity contribution in [1.29, 1.82) is 5.26 Å². The molecule has 0 aliphatic heterocycles. The first-order valence-electron chi connectivity index (χ1n) is 26.3. The molecule has 0 fully saturated rings. The number of aromatic nitrogens is 5. The summed E-state index contributed by atoms with van der Waals surface area (Å²) in [5, 5.41) is 14.2. The summed E-state index contributed by atoms with van der Waals surface area (Å²) in [6.07, 6.45) is 0. The molecule has 374 valence electrons. The minimum atomic E-state index is -0.142. The summed E-state index contributed by atoms with van der Waals surface area (Å²) in [5.41, 5.74) is 16.0. The van der Waals surface area contributed by atoms with Crippen LogP contribution in [0.25, 0.3) is 105 Å². The fourth-order valence-corrected chi connectivity index (χ4v) is 10.6. The van der Waals surface area contributed by atoms with Crippen LogP contribution in [0.3, 0.4) is 0 Å². The lowest BCUT2D eigenvalue weighted by Crippen LogP contribution is -2.17. The minimum absolute atomic E-state index is 0.142. The van der Waals surface area contributed by atoms with Crippen LogP contribution < -0.4 is 0 Å². The van der Waals surface area contributed by atoms with Gasteiger partial charge >= 0.3 is 0 Å². The third-order valence-corrected chi connectivity index (χ3v) is 15.0. The van der Waals surface area contributed by atoms with Gasteiger partial charge < -0.3 is 9.13 Å². The Morgan fingerprint density at radius 2 is 0.829 bits per heavy atom. The number of nitriles is 1. The van der Waals surface area contributed by atoms with Gasteiger partial charge in [0.2, 0.25) is 0 Å². The first kappa shape index (κ1) is 49.6. The maximum absolute atomic E-state index is 10.0. The fraction of sp³-hybridized carbons (Fsp3) is 0.232. The first-order valence-corrected chi connectivity index (χ1v) is 26.3. The van der Waals surface area contributed by atoms with E-state index in [0.29, 0.717) is 28.7 Å². The second-order valence-electron chi connectivity index (χ2n) is 24.5. The van der Waals surface area contributed by atoms with E-state index in [4.69, 9.17) is 21.5 Å². The molecule has 76 heavy (non-hydrogen) atoms. The highest BCUT2D eigenvalue weighted by Crippen LogP contribution is 2.43. The second-order valence-corrected chi connectivity index (χ2v) is 24.5. The van der Waals surface area contributed by atoms with Gasteiger partial charge in [0.15, 0.2) is 23.2 Å². The van der Waals surface area contributed by atoms with Crippen LogP contribution in [0.4, 0.5) is 5.69 Å². The van der Waals surface area contributed by atoms with Crippen LogP contribution in [0.2, 0.25) is 0 Å². The molecule has 0 spiro atoms. The van der Waals surface area contributed by atoms with E-state index < -0.39 is 0 Å². The van der Waals surface area contributed by atoms with Crippen LogP contribution in [0.1, 0.15) is 111 Å². The number of para-hydroxylation sites is 3. The van der Waals surface area contributed by atoms with Crippen molar-refractivity contribution in [2.75, 3.05) is 0 Å². The average Bonchev–Trinajstić information content (AvgIpc) is 4.00. The number of benzene rings is 8. The normalized spacial score (nSPS) is 12.4. The highest BCUT2D eigenvalue weighted by molar-refractivity contribution is 6.12. The summed E-state index contributed by atoms with van der Waals surface area (Å²) in [5.74, 6) is 1.77. The highest BCUT2D eigenvalue weighted by Gasteiger charge is 2.27. The largest absolute Gasteiger partial charge is 0.309 e. The van der Waals surface area contributed by atoms with Crippen molar-refractivity contribution in [2.45, 2.75) is 105 Å². The molecule has 0 aliphatic rings. The van der Waals surface area contributed by atoms with E-state index in [9.17, 15) is 5.26 Å². The number of rotatable bonds is 6. The van der Waals surface area contributed by atoms with Gasteiger partial charge in [0.05, 0.1) is 51.6 Å². The van der Waals surface area contributed by atoms with Gasteiger partial charge in [-0.05, 0) is 140 Å². The Hall–Kier alpha value is -8.65. The van der Waals surface area contributed by atoms with Gasteiger partial charge in [-0.2, -0.15) is 5.26 Å². The summed E-state index contributed by atoms with van der Waals surface area (Å²) in [6.45, 7) is 35.1. The lowest BCUT2D eigenvalue weighted by molar-refractivity contribution is 0.568. The number of fused-ring (bicyclic) bond motifs is 6. The molecular weight excluding hydrogens is 927 g/mol. The van der Waals surface area contributed by atoms with Crippen LogP contribution >= 0.6 is 0 Å². The van der Waals surface area contributed by atoms with E-state index in [-0.39, 0.29) is 21.7 Å². The van der Waals surface area contributed by atoms with Gasteiger partial charge in [0.1, 0.15) is 0 Å². The van der Waals surface area contributed by atoms with E-state index in [1.165, 1.54) is 22.3 Å². The van der Waals surface area contributed by atoms with Crippen LogP contribution in [0, 0.1) is 17.9 Å². The van der Waals surface area contributed by atoms with E-state index in [1.807, 2.05) is 36.4 Å². The van der Waals surface area contributed by atoms with E-state index in [2.05, 4.69) is 231 Å². The van der Waals surface area contributed by atoms with Gasteiger partial charge in [-0.3, -0.25) is 0 Å². The molecule has 0 bridgehead atoms. The van der Waals surface area contributed by atoms with Crippen LogP contribution in [0.5, 0.6) is 0 Å². The molecular formula is C69H63N7. The Morgan fingerprint density at radius 3 is 1.33 bits per heavy atom. The summed E-state index contributed by atoms with van der Waals surface area (Å²) in [4.78, 5) is 20.6. The smallest absolute Gasteiger partial charge is 0.188 e. The first-order chi connectivity index (χ1) is 36.1. The summed E-state index contributed by atoms with van der Waals surface area (Å²) < 4.78 is 4.63. The molecule has 11 aromatic rings. The van der Waals surface area contributed by atoms with E-state index >= 15 is 0 Å². The van der Waals surface area contributed by atoms with Crippen molar-refractivity contribution in [3.63, 3.8) is 0 Å². The average molecular weight is 990 g/mol. The molecule has 0 unspecified atom stereocenters. The zero-order valence-electron chi connectivity index (χ0n) is 45.7. The van der Waals surface area contributed by atoms with Gasteiger partial charge in [-0.15, -0.1) is 0 Å². The zero-order valence-corrected chi connectivity index (χ0v) is 45.7. The molecule has 0 amide bonds. The van der Waals surface area contributed by atoms with Crippen molar-refractivity contribution < 1.29 is 0 Å². The zero-order chi connectivity index (χ0) is 53.6. The molecule has 0 radical (unpaired) electrons. The number of hydrogen-bond donors (Lipinski definition) is 0. The van der Waals surface area contributed by atoms with Crippen LogP contribution in [0.15, 0.2) is 164 Å². The van der Waals surface area contributed by atoms with Gasteiger partial charge in [-0.25, -0.2) is 19.8 Å². The number of nitrogens with zero attached hydrogens (tertiary/aromatic N) is 7. The molecule has 0 N–H and O–H groups in total. The van der Waals surface area contributed by atoms with Crippen LogP contribution in [-0.2, 0) is 21.7 Å². The van der Waals surface area contributed by atoms with Crippen molar-refractivity contribution in [1.82, 2.24) is 24.1 Å². The monoisotopic (exact) mass is 990 g/mol. The lowest BCUT2D eigenvalue weighted by Gasteiger charge is -2.26. The molecule has 0 saturated heterocycles. The molecule has 7 nitrogen and oxygen atoms in total. The van der Waals surface area contributed by atoms with Crippen molar-refractivity contribution in [2.24, 2.45) is 0 Å². The van der Waals surface area contributed by atoms with Crippen molar-refractivity contribution in [3.05, 3.63) is 203 Å². The fourth-order valence-electron chi connectivity index (χ4n) is 10.6. The topological polar surface area (TPSA) is 76.7 Å². The highest BCUT2D eigenvalue weighted by atomic mass is 15.1. The standard InChI is InChI=1S/C69H63N7/c1-66(2,3)46-33-44(34-47(38-46)67(4,5)6)63-72-64(45-35-48(68(7,8)9)39-49(36-45)69(10,11)12)74-65(73-63)56-37-43(27-30-62(56)76-58-24-18-15-21-52(58)53-22-16-19-25-59(53)76)51-20-14-17-23-57(51)75-60-29-26-42(41-70)32-54(60)55-40-50(71-13)28-31-61(55)75/h14-40H,1-12H3. The predicted octanol–water partition coefficient (Wildman–Crippen LogP) is 18.3. The third-order valence-electron chi connectivity index (χ3n) is 15.0. The van der Waals surface area contributed by atoms with E-state index in [0.717, 1.165) is 82.8 Å². The molecule has 0 saturated carbocycles. The van der Waals surface area contributed by atoms with E-state index in [1.54, 1.807) is 0 Å². The van der Waals surface area contributed by atoms with Crippen LogP contribution in [-0.4, -0.2) is 24.1 Å². The maximum Gasteiger partial charge on any atom is 0.188 e. The third kappa shape index (κ3) is 8.80. The summed E-state index contributed by atoms with van der Waals surface area (Å²) >= 11 is 0. The molecule has 8 aromatic carbocycles. The number of hydrogen-bond acceptors (Lipinski definition) is 4. The molecule has 7 heteroatoms. The molecule has 11 rings (SSSR count). The van der Waals surface area contributed by atoms with Gasteiger partial charge in [-0.1, -0.05) is 162 Å². The Morgan fingerprint density at radius 1 is 0.395 bits per heavy atom. The maximum atomic E-state index is 10.0. The molecule has 3 aromatic heterocycles. The SMILES string of the molecule is [C-]#[N+]c1ccc2c(c1)c1cc(C#N)ccc1n2-c1ccccc1-c1ccc(-n2c3ccccc3c3ccccc32)c(-c2nc(-c3cc(C(C)(C)C)cc(C(C)(C)C)c3)nc(-c3cc(C(C)(C)C)cc(C(C)(C)C)c3)n2)c1.